The summed E-state index contributed by atoms with van der Waals surface area (Å²) in [6.07, 6.45) is 1.68. The van der Waals surface area contributed by atoms with Gasteiger partial charge in [-0.05, 0) is 56.4 Å². The molecular formula is C16H21FN2O. The number of aryl methyl sites for hydroxylation is 1. The lowest BCUT2D eigenvalue weighted by Gasteiger charge is -2.23. The molecule has 0 saturated heterocycles. The summed E-state index contributed by atoms with van der Waals surface area (Å²) in [5.41, 5.74) is 2.08. The minimum absolute atomic E-state index is 0.166. The smallest absolute Gasteiger partial charge is 0.123 e. The highest BCUT2D eigenvalue weighted by molar-refractivity contribution is 5.26. The van der Waals surface area contributed by atoms with Crippen LogP contribution in [0.3, 0.4) is 0 Å². The van der Waals surface area contributed by atoms with E-state index in [-0.39, 0.29) is 11.9 Å². The van der Waals surface area contributed by atoms with Crippen LogP contribution in [0.15, 0.2) is 41.0 Å². The number of nitrogens with one attached hydrogen (secondary N) is 1. The Labute approximate surface area is 119 Å². The topological polar surface area (TPSA) is 28.4 Å². The predicted octanol–water partition coefficient (Wildman–Crippen LogP) is 3.12. The summed E-state index contributed by atoms with van der Waals surface area (Å²) in [5.74, 6) is 0.737. The molecule has 0 bridgehead atoms. The number of nitrogens with zero attached hydrogens (tertiary/aromatic N) is 1. The molecule has 1 unspecified atom stereocenters. The van der Waals surface area contributed by atoms with E-state index in [1.807, 2.05) is 39.2 Å². The van der Waals surface area contributed by atoms with Gasteiger partial charge in [0, 0.05) is 13.1 Å². The van der Waals surface area contributed by atoms with Crippen LogP contribution in [0.4, 0.5) is 4.39 Å². The minimum atomic E-state index is -0.192. The minimum Gasteiger partial charge on any atom is -0.468 e. The third-order valence-electron chi connectivity index (χ3n) is 3.46. The van der Waals surface area contributed by atoms with Crippen molar-refractivity contribution in [2.75, 3.05) is 20.6 Å². The van der Waals surface area contributed by atoms with Gasteiger partial charge in [0.25, 0.3) is 0 Å². The number of hydrogen-bond acceptors (Lipinski definition) is 3. The van der Waals surface area contributed by atoms with Crippen LogP contribution in [0.25, 0.3) is 0 Å². The molecule has 0 aliphatic rings. The Hall–Kier alpha value is -1.65. The molecule has 0 fully saturated rings. The summed E-state index contributed by atoms with van der Waals surface area (Å²) in [5, 5.41) is 3.37. The summed E-state index contributed by atoms with van der Waals surface area (Å²) < 4.78 is 18.7. The standard InChI is InChI=1S/C16H21FN2O/c1-12-6-7-14(17)9-13(12)10-18-11-15(19(2)3)16-5-4-8-20-16/h4-9,15,18H,10-11H2,1-3H3. The fraction of sp³-hybridized carbons (Fsp3) is 0.375. The number of hydrogen-bond donors (Lipinski definition) is 1. The largest absolute Gasteiger partial charge is 0.468 e. The number of benzene rings is 1. The molecule has 2 aromatic rings. The van der Waals surface area contributed by atoms with Crippen molar-refractivity contribution < 1.29 is 8.81 Å². The van der Waals surface area contributed by atoms with Gasteiger partial charge in [-0.3, -0.25) is 4.90 Å². The van der Waals surface area contributed by atoms with E-state index in [1.165, 1.54) is 6.07 Å². The van der Waals surface area contributed by atoms with E-state index < -0.39 is 0 Å². The third kappa shape index (κ3) is 3.68. The maximum Gasteiger partial charge on any atom is 0.123 e. The molecule has 2 rings (SSSR count). The Kier molecular flexibility index (Phi) is 4.93. The molecule has 1 heterocycles. The molecule has 1 atom stereocenters. The maximum atomic E-state index is 13.2. The average Bonchev–Trinajstić information content (AvgIpc) is 2.91. The van der Waals surface area contributed by atoms with E-state index in [0.29, 0.717) is 6.54 Å². The molecule has 20 heavy (non-hydrogen) atoms. The first-order chi connectivity index (χ1) is 9.58. The van der Waals surface area contributed by atoms with Crippen LogP contribution in [-0.4, -0.2) is 25.5 Å². The van der Waals surface area contributed by atoms with Crippen molar-refractivity contribution in [3.05, 3.63) is 59.3 Å². The van der Waals surface area contributed by atoms with Gasteiger partial charge in [0.05, 0.1) is 12.3 Å². The molecule has 0 amide bonds. The fourth-order valence-electron chi connectivity index (χ4n) is 2.19. The molecule has 4 heteroatoms. The monoisotopic (exact) mass is 276 g/mol. The van der Waals surface area contributed by atoms with Crippen molar-refractivity contribution in [1.29, 1.82) is 0 Å². The van der Waals surface area contributed by atoms with Gasteiger partial charge in [-0.2, -0.15) is 0 Å². The van der Waals surface area contributed by atoms with E-state index >= 15 is 0 Å². The van der Waals surface area contributed by atoms with Gasteiger partial charge in [0.15, 0.2) is 0 Å². The average molecular weight is 276 g/mol. The maximum absolute atomic E-state index is 13.2. The van der Waals surface area contributed by atoms with Crippen LogP contribution in [-0.2, 0) is 6.54 Å². The van der Waals surface area contributed by atoms with Gasteiger partial charge in [0.2, 0.25) is 0 Å². The summed E-state index contributed by atoms with van der Waals surface area (Å²) in [6, 6.07) is 8.91. The van der Waals surface area contributed by atoms with Gasteiger partial charge in [-0.25, -0.2) is 4.39 Å². The first kappa shape index (κ1) is 14.8. The molecule has 3 nitrogen and oxygen atoms in total. The molecular weight excluding hydrogens is 255 g/mol. The molecule has 0 saturated carbocycles. The van der Waals surface area contributed by atoms with E-state index in [0.717, 1.165) is 23.4 Å². The summed E-state index contributed by atoms with van der Waals surface area (Å²) in [7, 11) is 4.03. The zero-order valence-corrected chi connectivity index (χ0v) is 12.2. The molecule has 0 aliphatic heterocycles. The van der Waals surface area contributed by atoms with Crippen LogP contribution < -0.4 is 5.32 Å². The Balaban J connectivity index is 1.95. The first-order valence-electron chi connectivity index (χ1n) is 6.73. The predicted molar refractivity (Wildman–Crippen MR) is 78.0 cm³/mol. The molecule has 108 valence electrons. The van der Waals surface area contributed by atoms with Crippen LogP contribution in [0.2, 0.25) is 0 Å². The quantitative estimate of drug-likeness (QED) is 0.878. The summed E-state index contributed by atoms with van der Waals surface area (Å²) >= 11 is 0. The highest BCUT2D eigenvalue weighted by Crippen LogP contribution is 2.18. The van der Waals surface area contributed by atoms with Gasteiger partial charge >= 0.3 is 0 Å². The molecule has 0 radical (unpaired) electrons. The highest BCUT2D eigenvalue weighted by atomic mass is 19.1. The summed E-state index contributed by atoms with van der Waals surface area (Å²) in [6.45, 7) is 3.39. The number of furan rings is 1. The number of rotatable bonds is 6. The SMILES string of the molecule is Cc1ccc(F)cc1CNCC(c1ccco1)N(C)C. The Bertz CT molecular complexity index is 537. The van der Waals surface area contributed by atoms with Gasteiger partial charge in [-0.15, -0.1) is 0 Å². The Morgan fingerprint density at radius 2 is 2.10 bits per heavy atom. The molecule has 1 aromatic heterocycles. The van der Waals surface area contributed by atoms with Crippen LogP contribution in [0.1, 0.15) is 22.9 Å². The zero-order chi connectivity index (χ0) is 14.5. The lowest BCUT2D eigenvalue weighted by Crippen LogP contribution is -2.30. The van der Waals surface area contributed by atoms with Crippen molar-refractivity contribution >= 4 is 0 Å². The van der Waals surface area contributed by atoms with Gasteiger partial charge in [-0.1, -0.05) is 6.07 Å². The second-order valence-electron chi connectivity index (χ2n) is 5.20. The molecule has 1 N–H and O–H groups in total. The third-order valence-corrected chi connectivity index (χ3v) is 3.46. The van der Waals surface area contributed by atoms with E-state index in [1.54, 1.807) is 12.3 Å². The zero-order valence-electron chi connectivity index (χ0n) is 12.2. The second-order valence-corrected chi connectivity index (χ2v) is 5.20. The summed E-state index contributed by atoms with van der Waals surface area (Å²) in [4.78, 5) is 2.10. The number of halogens is 1. The van der Waals surface area contributed by atoms with Crippen molar-refractivity contribution in [3.63, 3.8) is 0 Å². The second kappa shape index (κ2) is 6.68. The lowest BCUT2D eigenvalue weighted by molar-refractivity contribution is 0.250. The van der Waals surface area contributed by atoms with Gasteiger partial charge in [0.1, 0.15) is 11.6 Å². The molecule has 0 aliphatic carbocycles. The van der Waals surface area contributed by atoms with Crippen LogP contribution in [0, 0.1) is 12.7 Å². The Morgan fingerprint density at radius 3 is 2.75 bits per heavy atom. The lowest BCUT2D eigenvalue weighted by atomic mass is 10.1. The first-order valence-corrected chi connectivity index (χ1v) is 6.73. The van der Waals surface area contributed by atoms with Crippen molar-refractivity contribution in [1.82, 2.24) is 10.2 Å². The van der Waals surface area contributed by atoms with Gasteiger partial charge < -0.3 is 9.73 Å². The number of likely N-dealkylation sites (N-methyl/N-ethyl adjacent to an activating group) is 1. The van der Waals surface area contributed by atoms with E-state index in [9.17, 15) is 4.39 Å². The normalized spacial score (nSPS) is 12.8. The Morgan fingerprint density at radius 1 is 1.30 bits per heavy atom. The fourth-order valence-corrected chi connectivity index (χ4v) is 2.19. The van der Waals surface area contributed by atoms with Crippen molar-refractivity contribution in [2.45, 2.75) is 19.5 Å². The van der Waals surface area contributed by atoms with Crippen LogP contribution in [0.5, 0.6) is 0 Å². The van der Waals surface area contributed by atoms with Crippen LogP contribution >= 0.6 is 0 Å². The molecule has 1 aromatic carbocycles. The van der Waals surface area contributed by atoms with Crippen molar-refractivity contribution in [3.8, 4) is 0 Å². The van der Waals surface area contributed by atoms with Crippen molar-refractivity contribution in [2.24, 2.45) is 0 Å². The molecule has 0 spiro atoms. The highest BCUT2D eigenvalue weighted by Gasteiger charge is 2.16. The van der Waals surface area contributed by atoms with E-state index in [2.05, 4.69) is 10.2 Å². The van der Waals surface area contributed by atoms with E-state index in [4.69, 9.17) is 4.42 Å².